The molecule has 0 fully saturated rings. The number of nitrogens with one attached hydrogen (secondary N) is 3. The lowest BCUT2D eigenvalue weighted by molar-refractivity contribution is -0.113. The maximum absolute atomic E-state index is 11.9. The highest BCUT2D eigenvalue weighted by molar-refractivity contribution is 8.00. The van der Waals surface area contributed by atoms with Gasteiger partial charge in [0.15, 0.2) is 0 Å². The van der Waals surface area contributed by atoms with Gasteiger partial charge in [0.05, 0.1) is 11.4 Å². The van der Waals surface area contributed by atoms with E-state index in [1.165, 1.54) is 11.8 Å². The van der Waals surface area contributed by atoms with E-state index < -0.39 is 0 Å². The van der Waals surface area contributed by atoms with Crippen LogP contribution in [0.4, 0.5) is 21.9 Å². The molecule has 0 aromatic heterocycles. The zero-order valence-corrected chi connectivity index (χ0v) is 11.9. The van der Waals surface area contributed by atoms with Crippen molar-refractivity contribution in [1.82, 2.24) is 0 Å². The summed E-state index contributed by atoms with van der Waals surface area (Å²) in [7, 11) is 0. The third-order valence-corrected chi connectivity index (χ3v) is 3.98. The van der Waals surface area contributed by atoms with Gasteiger partial charge < -0.3 is 16.0 Å². The molecule has 0 saturated carbocycles. The van der Waals surface area contributed by atoms with Gasteiger partial charge in [-0.05, 0) is 30.3 Å². The normalized spacial score (nSPS) is 13.0. The van der Waals surface area contributed by atoms with Gasteiger partial charge in [-0.1, -0.05) is 18.2 Å². The maximum atomic E-state index is 11.9. The fraction of sp³-hybridized carbons (Fsp3) is 0.0667. The molecule has 0 unspecified atom stereocenters. The molecule has 0 bridgehead atoms. The molecule has 1 aliphatic heterocycles. The van der Waals surface area contributed by atoms with Gasteiger partial charge in [0.25, 0.3) is 0 Å². The molecule has 3 rings (SSSR count). The van der Waals surface area contributed by atoms with Crippen molar-refractivity contribution in [2.45, 2.75) is 4.90 Å². The first-order chi connectivity index (χ1) is 10.2. The molecule has 0 aliphatic carbocycles. The first-order valence-electron chi connectivity index (χ1n) is 6.40. The standard InChI is InChI=1S/C15H13N3O2S/c19-14-9-21-13-7-6-11(8-12(13)18-14)17-15(20)16-10-4-2-1-3-5-10/h1-8H,9H2,(H,18,19)(H2,16,17,20). The summed E-state index contributed by atoms with van der Waals surface area (Å²) in [6, 6.07) is 14.3. The summed E-state index contributed by atoms with van der Waals surface area (Å²) in [4.78, 5) is 24.3. The van der Waals surface area contributed by atoms with Gasteiger partial charge in [0.2, 0.25) is 5.91 Å². The highest BCUT2D eigenvalue weighted by Crippen LogP contribution is 2.33. The van der Waals surface area contributed by atoms with Crippen molar-refractivity contribution >= 4 is 40.8 Å². The van der Waals surface area contributed by atoms with Crippen LogP contribution >= 0.6 is 11.8 Å². The van der Waals surface area contributed by atoms with Crippen molar-refractivity contribution < 1.29 is 9.59 Å². The lowest BCUT2D eigenvalue weighted by atomic mass is 10.2. The lowest BCUT2D eigenvalue weighted by Gasteiger charge is -2.17. The van der Waals surface area contributed by atoms with Gasteiger partial charge in [-0.2, -0.15) is 0 Å². The van der Waals surface area contributed by atoms with E-state index >= 15 is 0 Å². The topological polar surface area (TPSA) is 70.2 Å². The summed E-state index contributed by atoms with van der Waals surface area (Å²) < 4.78 is 0. The first-order valence-corrected chi connectivity index (χ1v) is 7.39. The summed E-state index contributed by atoms with van der Waals surface area (Å²) in [5.74, 6) is 0.396. The number of anilines is 3. The van der Waals surface area contributed by atoms with Gasteiger partial charge in [-0.15, -0.1) is 11.8 Å². The zero-order chi connectivity index (χ0) is 14.7. The molecule has 1 aliphatic rings. The van der Waals surface area contributed by atoms with E-state index in [1.807, 2.05) is 42.5 Å². The highest BCUT2D eigenvalue weighted by Gasteiger charge is 2.15. The van der Waals surface area contributed by atoms with Crippen molar-refractivity contribution in [2.24, 2.45) is 0 Å². The zero-order valence-electron chi connectivity index (χ0n) is 11.1. The number of rotatable bonds is 2. The Kier molecular flexibility index (Phi) is 3.79. The molecule has 3 N–H and O–H groups in total. The number of carbonyl (C=O) groups excluding carboxylic acids is 2. The minimum absolute atomic E-state index is 0.0293. The largest absolute Gasteiger partial charge is 0.324 e. The van der Waals surface area contributed by atoms with E-state index in [2.05, 4.69) is 16.0 Å². The fourth-order valence-corrected chi connectivity index (χ4v) is 2.76. The van der Waals surface area contributed by atoms with Crippen LogP contribution in [-0.2, 0) is 4.79 Å². The lowest BCUT2D eigenvalue weighted by Crippen LogP contribution is -2.21. The minimum atomic E-state index is -0.323. The Labute approximate surface area is 126 Å². The molecule has 106 valence electrons. The molecule has 0 atom stereocenters. The van der Waals surface area contributed by atoms with Crippen LogP contribution in [0.3, 0.4) is 0 Å². The summed E-state index contributed by atoms with van der Waals surface area (Å²) in [6.07, 6.45) is 0. The van der Waals surface area contributed by atoms with Gasteiger partial charge in [0.1, 0.15) is 0 Å². The first kappa shape index (κ1) is 13.5. The molecule has 5 nitrogen and oxygen atoms in total. The van der Waals surface area contributed by atoms with Crippen LogP contribution in [0.1, 0.15) is 0 Å². The van der Waals surface area contributed by atoms with E-state index in [0.29, 0.717) is 11.4 Å². The van der Waals surface area contributed by atoms with Crippen LogP contribution in [0.5, 0.6) is 0 Å². The molecule has 0 spiro atoms. The van der Waals surface area contributed by atoms with E-state index in [0.717, 1.165) is 16.3 Å². The molecule has 2 aromatic carbocycles. The maximum Gasteiger partial charge on any atom is 0.323 e. The Bertz CT molecular complexity index is 689. The SMILES string of the molecule is O=C1CSc2ccc(NC(=O)Nc3ccccc3)cc2N1. The molecule has 0 radical (unpaired) electrons. The van der Waals surface area contributed by atoms with Crippen LogP contribution in [0, 0.1) is 0 Å². The Morgan fingerprint density at radius 2 is 1.81 bits per heavy atom. The quantitative estimate of drug-likeness (QED) is 0.796. The minimum Gasteiger partial charge on any atom is -0.324 e. The molecule has 0 saturated heterocycles. The average Bonchev–Trinajstić information content (AvgIpc) is 2.47. The van der Waals surface area contributed by atoms with Crippen LogP contribution in [0.2, 0.25) is 0 Å². The van der Waals surface area contributed by atoms with Crippen molar-refractivity contribution in [2.75, 3.05) is 21.7 Å². The van der Waals surface area contributed by atoms with Crippen LogP contribution in [0.25, 0.3) is 0 Å². The number of carbonyl (C=O) groups is 2. The van der Waals surface area contributed by atoms with E-state index in [9.17, 15) is 9.59 Å². The van der Waals surface area contributed by atoms with E-state index in [1.54, 1.807) is 6.07 Å². The summed E-state index contributed by atoms with van der Waals surface area (Å²) in [5.41, 5.74) is 2.08. The Balaban J connectivity index is 1.69. The molecule has 6 heteroatoms. The second-order valence-electron chi connectivity index (χ2n) is 4.49. The summed E-state index contributed by atoms with van der Waals surface area (Å²) >= 11 is 1.49. The second-order valence-corrected chi connectivity index (χ2v) is 5.51. The summed E-state index contributed by atoms with van der Waals surface area (Å²) in [6.45, 7) is 0. The van der Waals surface area contributed by atoms with Crippen molar-refractivity contribution in [1.29, 1.82) is 0 Å². The van der Waals surface area contributed by atoms with Crippen LogP contribution < -0.4 is 16.0 Å². The molecular weight excluding hydrogens is 286 g/mol. The Morgan fingerprint density at radius 1 is 1.05 bits per heavy atom. The van der Waals surface area contributed by atoms with Gasteiger partial charge in [-0.25, -0.2) is 4.79 Å². The van der Waals surface area contributed by atoms with Gasteiger partial charge in [0, 0.05) is 16.3 Å². The average molecular weight is 299 g/mol. The predicted octanol–water partition coefficient (Wildman–Crippen LogP) is 3.37. The number of fused-ring (bicyclic) bond motifs is 1. The van der Waals surface area contributed by atoms with Gasteiger partial charge in [-0.3, -0.25) is 4.79 Å². The number of benzene rings is 2. The predicted molar refractivity (Wildman–Crippen MR) is 84.9 cm³/mol. The van der Waals surface area contributed by atoms with E-state index in [4.69, 9.17) is 0 Å². The van der Waals surface area contributed by atoms with Gasteiger partial charge >= 0.3 is 6.03 Å². The van der Waals surface area contributed by atoms with Crippen molar-refractivity contribution in [3.8, 4) is 0 Å². The number of thioether (sulfide) groups is 1. The number of amides is 3. The third kappa shape index (κ3) is 3.35. The second kappa shape index (κ2) is 5.88. The molecule has 21 heavy (non-hydrogen) atoms. The smallest absolute Gasteiger partial charge is 0.323 e. The number of hydrogen-bond acceptors (Lipinski definition) is 3. The number of para-hydroxylation sites is 1. The van der Waals surface area contributed by atoms with Crippen molar-refractivity contribution in [3.05, 3.63) is 48.5 Å². The summed E-state index contributed by atoms with van der Waals surface area (Å²) in [5, 5.41) is 8.27. The number of hydrogen-bond donors (Lipinski definition) is 3. The van der Waals surface area contributed by atoms with Crippen LogP contribution in [0.15, 0.2) is 53.4 Å². The van der Waals surface area contributed by atoms with E-state index in [-0.39, 0.29) is 11.9 Å². The Hall–Kier alpha value is -2.47. The molecular formula is C15H13N3O2S. The Morgan fingerprint density at radius 3 is 2.62 bits per heavy atom. The highest BCUT2D eigenvalue weighted by atomic mass is 32.2. The number of urea groups is 1. The van der Waals surface area contributed by atoms with Crippen LogP contribution in [-0.4, -0.2) is 17.7 Å². The monoisotopic (exact) mass is 299 g/mol. The third-order valence-electron chi connectivity index (χ3n) is 2.90. The molecule has 3 amide bonds. The molecule has 1 heterocycles. The van der Waals surface area contributed by atoms with Crippen molar-refractivity contribution in [3.63, 3.8) is 0 Å². The fourth-order valence-electron chi connectivity index (χ4n) is 1.98. The molecule has 2 aromatic rings.